The first-order chi connectivity index (χ1) is 10.1. The first-order valence-corrected chi connectivity index (χ1v) is 7.37. The van der Waals surface area contributed by atoms with Crippen LogP contribution in [0, 0.1) is 0 Å². The highest BCUT2D eigenvalue weighted by Gasteiger charge is 2.16. The van der Waals surface area contributed by atoms with Gasteiger partial charge in [0.1, 0.15) is 0 Å². The summed E-state index contributed by atoms with van der Waals surface area (Å²) in [6.07, 6.45) is 0. The third-order valence-corrected chi connectivity index (χ3v) is 4.02. The molecule has 1 saturated heterocycles. The van der Waals surface area contributed by atoms with Crippen LogP contribution >= 0.6 is 0 Å². The molecule has 1 amide bonds. The minimum absolute atomic E-state index is 0.0357. The van der Waals surface area contributed by atoms with Crippen molar-refractivity contribution in [2.45, 2.75) is 6.92 Å². The van der Waals surface area contributed by atoms with E-state index in [2.05, 4.69) is 52.5 Å². The Balaban J connectivity index is 1.99. The number of hydrogen-bond acceptors (Lipinski definition) is 3. The lowest BCUT2D eigenvalue weighted by Crippen LogP contribution is -2.44. The van der Waals surface area contributed by atoms with Crippen molar-refractivity contribution in [1.82, 2.24) is 4.90 Å². The lowest BCUT2D eigenvalue weighted by molar-refractivity contribution is -0.114. The molecule has 0 saturated carbocycles. The van der Waals surface area contributed by atoms with Crippen LogP contribution in [-0.4, -0.2) is 44.0 Å². The number of carbonyl (C=O) groups excluding carboxylic acids is 1. The van der Waals surface area contributed by atoms with Crippen molar-refractivity contribution in [2.24, 2.45) is 0 Å². The summed E-state index contributed by atoms with van der Waals surface area (Å²) in [6.45, 7) is 5.79. The van der Waals surface area contributed by atoms with E-state index in [1.54, 1.807) is 0 Å². The van der Waals surface area contributed by atoms with Crippen LogP contribution in [0.25, 0.3) is 10.8 Å². The molecule has 0 bridgehead atoms. The molecule has 3 rings (SSSR count). The van der Waals surface area contributed by atoms with Gasteiger partial charge in [-0.3, -0.25) is 4.79 Å². The van der Waals surface area contributed by atoms with E-state index in [1.807, 2.05) is 6.07 Å². The van der Waals surface area contributed by atoms with Gasteiger partial charge >= 0.3 is 0 Å². The minimum atomic E-state index is -0.0357. The topological polar surface area (TPSA) is 35.6 Å². The molecule has 4 nitrogen and oxygen atoms in total. The highest BCUT2D eigenvalue weighted by molar-refractivity contribution is 5.99. The number of nitrogens with zero attached hydrogens (tertiary/aromatic N) is 2. The highest BCUT2D eigenvalue weighted by atomic mass is 16.1. The molecule has 4 heteroatoms. The SMILES string of the molecule is CC(=O)Nc1ccc2cccc(N3CCN(C)CC3)c2c1. The first kappa shape index (κ1) is 13.9. The number of anilines is 2. The third kappa shape index (κ3) is 3.00. The predicted molar refractivity (Wildman–Crippen MR) is 88.0 cm³/mol. The van der Waals surface area contributed by atoms with Crippen LogP contribution in [0.5, 0.6) is 0 Å². The van der Waals surface area contributed by atoms with Gasteiger partial charge in [0.15, 0.2) is 0 Å². The summed E-state index contributed by atoms with van der Waals surface area (Å²) >= 11 is 0. The van der Waals surface area contributed by atoms with Gasteiger partial charge in [0.25, 0.3) is 0 Å². The summed E-state index contributed by atoms with van der Waals surface area (Å²) < 4.78 is 0. The fourth-order valence-electron chi connectivity index (χ4n) is 2.86. The summed E-state index contributed by atoms with van der Waals surface area (Å²) in [6, 6.07) is 12.5. The zero-order valence-electron chi connectivity index (χ0n) is 12.6. The Morgan fingerprint density at radius 1 is 1.10 bits per heavy atom. The number of carbonyl (C=O) groups is 1. The fraction of sp³-hybridized carbons (Fsp3) is 0.353. The summed E-state index contributed by atoms with van der Waals surface area (Å²) in [5, 5.41) is 5.28. The van der Waals surface area contributed by atoms with Crippen molar-refractivity contribution >= 4 is 28.1 Å². The van der Waals surface area contributed by atoms with Crippen LogP contribution in [-0.2, 0) is 4.79 Å². The number of benzene rings is 2. The Labute approximate surface area is 125 Å². The highest BCUT2D eigenvalue weighted by Crippen LogP contribution is 2.30. The maximum atomic E-state index is 11.2. The van der Waals surface area contributed by atoms with E-state index < -0.39 is 0 Å². The second-order valence-corrected chi connectivity index (χ2v) is 5.68. The Morgan fingerprint density at radius 2 is 1.86 bits per heavy atom. The van der Waals surface area contributed by atoms with E-state index in [0.717, 1.165) is 31.9 Å². The van der Waals surface area contributed by atoms with E-state index in [9.17, 15) is 4.79 Å². The minimum Gasteiger partial charge on any atom is -0.368 e. The number of amides is 1. The molecule has 0 aliphatic carbocycles. The van der Waals surface area contributed by atoms with E-state index in [-0.39, 0.29) is 5.91 Å². The molecule has 1 N–H and O–H groups in total. The largest absolute Gasteiger partial charge is 0.368 e. The molecular weight excluding hydrogens is 262 g/mol. The zero-order valence-corrected chi connectivity index (χ0v) is 12.6. The molecular formula is C17H21N3O. The fourth-order valence-corrected chi connectivity index (χ4v) is 2.86. The monoisotopic (exact) mass is 283 g/mol. The maximum Gasteiger partial charge on any atom is 0.221 e. The molecule has 1 fully saturated rings. The summed E-state index contributed by atoms with van der Waals surface area (Å²) in [7, 11) is 2.16. The van der Waals surface area contributed by atoms with Gasteiger partial charge in [-0.15, -0.1) is 0 Å². The summed E-state index contributed by atoms with van der Waals surface area (Å²) in [5.41, 5.74) is 2.12. The molecule has 21 heavy (non-hydrogen) atoms. The molecule has 1 aliphatic rings. The lowest BCUT2D eigenvalue weighted by atomic mass is 10.1. The number of nitrogens with one attached hydrogen (secondary N) is 1. The van der Waals surface area contributed by atoms with Gasteiger partial charge in [-0.25, -0.2) is 0 Å². The molecule has 0 atom stereocenters. The van der Waals surface area contributed by atoms with Crippen molar-refractivity contribution in [3.8, 4) is 0 Å². The summed E-state index contributed by atoms with van der Waals surface area (Å²) in [4.78, 5) is 16.0. The quantitative estimate of drug-likeness (QED) is 0.920. The normalized spacial score (nSPS) is 16.2. The summed E-state index contributed by atoms with van der Waals surface area (Å²) in [5.74, 6) is -0.0357. The van der Waals surface area contributed by atoms with Crippen LogP contribution in [0.1, 0.15) is 6.92 Å². The number of rotatable bonds is 2. The van der Waals surface area contributed by atoms with Crippen LogP contribution in [0.15, 0.2) is 36.4 Å². The second kappa shape index (κ2) is 5.74. The van der Waals surface area contributed by atoms with Gasteiger partial charge in [-0.2, -0.15) is 0 Å². The van der Waals surface area contributed by atoms with Gasteiger partial charge in [-0.05, 0) is 30.6 Å². The van der Waals surface area contributed by atoms with E-state index in [1.165, 1.54) is 23.4 Å². The van der Waals surface area contributed by atoms with Crippen molar-refractivity contribution in [2.75, 3.05) is 43.4 Å². The van der Waals surface area contributed by atoms with Crippen LogP contribution in [0.2, 0.25) is 0 Å². The van der Waals surface area contributed by atoms with Crippen LogP contribution < -0.4 is 10.2 Å². The number of piperazine rings is 1. The van der Waals surface area contributed by atoms with Crippen molar-refractivity contribution in [3.63, 3.8) is 0 Å². The number of hydrogen-bond donors (Lipinski definition) is 1. The first-order valence-electron chi connectivity index (χ1n) is 7.37. The zero-order chi connectivity index (χ0) is 14.8. The Morgan fingerprint density at radius 3 is 2.57 bits per heavy atom. The molecule has 0 aromatic heterocycles. The average molecular weight is 283 g/mol. The smallest absolute Gasteiger partial charge is 0.221 e. The number of fused-ring (bicyclic) bond motifs is 1. The van der Waals surface area contributed by atoms with Crippen LogP contribution in [0.4, 0.5) is 11.4 Å². The van der Waals surface area contributed by atoms with Crippen molar-refractivity contribution < 1.29 is 4.79 Å². The molecule has 1 heterocycles. The van der Waals surface area contributed by atoms with Crippen molar-refractivity contribution in [3.05, 3.63) is 36.4 Å². The molecule has 2 aromatic carbocycles. The average Bonchev–Trinajstić information content (AvgIpc) is 2.47. The van der Waals surface area contributed by atoms with E-state index in [4.69, 9.17) is 0 Å². The third-order valence-electron chi connectivity index (χ3n) is 4.02. The standard InChI is InChI=1S/C17H21N3O/c1-13(21)18-15-7-6-14-4-3-5-17(16(14)12-15)20-10-8-19(2)9-11-20/h3-7,12H,8-11H2,1-2H3,(H,18,21). The van der Waals surface area contributed by atoms with Gasteiger partial charge in [0.05, 0.1) is 0 Å². The molecule has 110 valence electrons. The molecule has 0 spiro atoms. The molecule has 0 unspecified atom stereocenters. The molecule has 1 aliphatic heterocycles. The predicted octanol–water partition coefficient (Wildman–Crippen LogP) is 2.55. The van der Waals surface area contributed by atoms with E-state index >= 15 is 0 Å². The lowest BCUT2D eigenvalue weighted by Gasteiger charge is -2.34. The van der Waals surface area contributed by atoms with Gasteiger partial charge < -0.3 is 15.1 Å². The van der Waals surface area contributed by atoms with Gasteiger partial charge in [-0.1, -0.05) is 18.2 Å². The molecule has 0 radical (unpaired) electrons. The Hall–Kier alpha value is -2.07. The van der Waals surface area contributed by atoms with E-state index in [0.29, 0.717) is 0 Å². The van der Waals surface area contributed by atoms with Gasteiger partial charge in [0.2, 0.25) is 5.91 Å². The van der Waals surface area contributed by atoms with Crippen molar-refractivity contribution in [1.29, 1.82) is 0 Å². The molecule has 2 aromatic rings. The Kier molecular flexibility index (Phi) is 3.80. The van der Waals surface area contributed by atoms with Crippen LogP contribution in [0.3, 0.4) is 0 Å². The Bertz CT molecular complexity index is 660. The maximum absolute atomic E-state index is 11.2. The second-order valence-electron chi connectivity index (χ2n) is 5.68. The number of likely N-dealkylation sites (N-methyl/N-ethyl adjacent to an activating group) is 1. The van der Waals surface area contributed by atoms with Gasteiger partial charge in [0, 0.05) is 49.9 Å².